The van der Waals surface area contributed by atoms with Crippen LogP contribution in [0.2, 0.25) is 0 Å². The van der Waals surface area contributed by atoms with Gasteiger partial charge in [-0.1, -0.05) is 5.21 Å². The number of carbonyl (C=O) groups excluding carboxylic acids is 2. The molecule has 2 aromatic rings. The van der Waals surface area contributed by atoms with Gasteiger partial charge in [-0.25, -0.2) is 19.0 Å². The molecule has 1 aliphatic rings. The highest BCUT2D eigenvalue weighted by Gasteiger charge is 2.20. The van der Waals surface area contributed by atoms with Crippen LogP contribution in [0, 0.1) is 0 Å². The normalized spacial score (nSPS) is 15.2. The van der Waals surface area contributed by atoms with Crippen molar-refractivity contribution in [1.82, 2.24) is 34.6 Å². The number of rotatable bonds is 4. The topological polar surface area (TPSA) is 133 Å². The first kappa shape index (κ1) is 17.0. The second-order valence-electron chi connectivity index (χ2n) is 5.33. The molecule has 12 nitrogen and oxygen atoms in total. The third-order valence-corrected chi connectivity index (χ3v) is 3.67. The van der Waals surface area contributed by atoms with E-state index in [1.54, 1.807) is 0 Å². The summed E-state index contributed by atoms with van der Waals surface area (Å²) in [5, 5.41) is 9.37. The van der Waals surface area contributed by atoms with Crippen molar-refractivity contribution in [2.75, 3.05) is 39.5 Å². The summed E-state index contributed by atoms with van der Waals surface area (Å²) < 4.78 is 12.3. The zero-order valence-electron chi connectivity index (χ0n) is 13.5. The van der Waals surface area contributed by atoms with Gasteiger partial charge in [0.1, 0.15) is 12.9 Å². The maximum atomic E-state index is 12.1. The lowest BCUT2D eigenvalue weighted by Gasteiger charge is -2.26. The van der Waals surface area contributed by atoms with Gasteiger partial charge in [0.2, 0.25) is 0 Å². The summed E-state index contributed by atoms with van der Waals surface area (Å²) in [5.41, 5.74) is -0.735. The minimum Gasteiger partial charge on any atom is -0.448 e. The summed E-state index contributed by atoms with van der Waals surface area (Å²) in [7, 11) is 1.42. The van der Waals surface area contributed by atoms with E-state index >= 15 is 0 Å². The number of carbonyl (C=O) groups is 2. The van der Waals surface area contributed by atoms with Crippen LogP contribution in [0.5, 0.6) is 0 Å². The molecule has 0 radical (unpaired) electrons. The van der Waals surface area contributed by atoms with E-state index in [0.717, 1.165) is 28.5 Å². The lowest BCUT2D eigenvalue weighted by atomic mass is 10.4. The number of aryl methyl sites for hydroxylation is 1. The Morgan fingerprint density at radius 1 is 1.36 bits per heavy atom. The van der Waals surface area contributed by atoms with Crippen molar-refractivity contribution in [3.05, 3.63) is 22.5 Å². The summed E-state index contributed by atoms with van der Waals surface area (Å²) in [4.78, 5) is 41.5. The largest absolute Gasteiger partial charge is 0.448 e. The van der Waals surface area contributed by atoms with Crippen molar-refractivity contribution in [2.24, 2.45) is 7.05 Å². The zero-order valence-corrected chi connectivity index (χ0v) is 13.5. The van der Waals surface area contributed by atoms with Gasteiger partial charge in [0.15, 0.2) is 11.3 Å². The third kappa shape index (κ3) is 3.80. The second-order valence-corrected chi connectivity index (χ2v) is 5.33. The summed E-state index contributed by atoms with van der Waals surface area (Å²) >= 11 is 0. The molecule has 134 valence electrons. The average molecular weight is 351 g/mol. The van der Waals surface area contributed by atoms with E-state index in [0.29, 0.717) is 19.8 Å². The van der Waals surface area contributed by atoms with Crippen molar-refractivity contribution in [3.63, 3.8) is 0 Å². The molecule has 1 aliphatic heterocycles. The minimum atomic E-state index is -0.892. The Labute approximate surface area is 141 Å². The van der Waals surface area contributed by atoms with Gasteiger partial charge in [0.05, 0.1) is 13.2 Å². The Morgan fingerprint density at radius 3 is 2.88 bits per heavy atom. The van der Waals surface area contributed by atoms with Crippen LogP contribution in [-0.4, -0.2) is 80.7 Å². The van der Waals surface area contributed by atoms with E-state index in [1.165, 1.54) is 7.05 Å². The van der Waals surface area contributed by atoms with E-state index in [-0.39, 0.29) is 17.9 Å². The van der Waals surface area contributed by atoms with E-state index in [9.17, 15) is 14.4 Å². The number of imidazole rings is 1. The van der Waals surface area contributed by atoms with Gasteiger partial charge in [-0.3, -0.25) is 15.0 Å². The molecule has 0 atom stereocenters. The predicted octanol–water partition coefficient (Wildman–Crippen LogP) is -1.98. The number of hydrogen-bond donors (Lipinski definition) is 1. The van der Waals surface area contributed by atoms with Gasteiger partial charge >= 0.3 is 11.8 Å². The number of alkyl carbamates (subject to hydrolysis) is 1. The van der Waals surface area contributed by atoms with Gasteiger partial charge in [-0.05, 0) is 0 Å². The molecule has 25 heavy (non-hydrogen) atoms. The third-order valence-electron chi connectivity index (χ3n) is 3.67. The van der Waals surface area contributed by atoms with Crippen LogP contribution in [0.15, 0.2) is 11.1 Å². The fraction of sp³-hybridized carbons (Fsp3) is 0.538. The Morgan fingerprint density at radius 2 is 2.12 bits per heavy atom. The number of hydrogen-bond acceptors (Lipinski definition) is 9. The first-order valence-electron chi connectivity index (χ1n) is 7.61. The van der Waals surface area contributed by atoms with Gasteiger partial charge in [0.25, 0.3) is 5.91 Å². The summed E-state index contributed by atoms with van der Waals surface area (Å²) in [6, 6.07) is 0. The molecule has 0 saturated carbocycles. The Balaban J connectivity index is 1.56. The van der Waals surface area contributed by atoms with Crippen LogP contribution < -0.4 is 11.0 Å². The molecule has 3 heterocycles. The van der Waals surface area contributed by atoms with Crippen LogP contribution in [-0.2, 0) is 16.5 Å². The number of morpholine rings is 1. The highest BCUT2D eigenvalue weighted by molar-refractivity contribution is 6.05. The number of ether oxygens (including phenoxy) is 2. The lowest BCUT2D eigenvalue weighted by Crippen LogP contribution is -2.39. The van der Waals surface area contributed by atoms with Gasteiger partial charge in [-0.2, -0.15) is 4.68 Å². The molecule has 1 N–H and O–H groups in total. The first-order chi connectivity index (χ1) is 12.1. The summed E-state index contributed by atoms with van der Waals surface area (Å²) in [5.74, 6) is -0.818. The summed E-state index contributed by atoms with van der Waals surface area (Å²) in [6.45, 7) is 3.55. The van der Waals surface area contributed by atoms with Crippen molar-refractivity contribution in [1.29, 1.82) is 0 Å². The predicted molar refractivity (Wildman–Crippen MR) is 82.1 cm³/mol. The molecule has 1 saturated heterocycles. The molecule has 1 fully saturated rings. The van der Waals surface area contributed by atoms with Crippen LogP contribution in [0.4, 0.5) is 4.79 Å². The SMILES string of the molecule is Cn1nnc2c(C(=O)NC(=O)OCCN3CCOCC3)ncn2c1=O. The first-order valence-corrected chi connectivity index (χ1v) is 7.61. The molecule has 12 heteroatoms. The number of nitrogens with one attached hydrogen (secondary N) is 1. The highest BCUT2D eigenvalue weighted by Crippen LogP contribution is 2.02. The lowest BCUT2D eigenvalue weighted by molar-refractivity contribution is 0.0281. The van der Waals surface area contributed by atoms with Crippen LogP contribution in [0.25, 0.3) is 5.65 Å². The monoisotopic (exact) mass is 351 g/mol. The molecule has 0 spiro atoms. The molecule has 2 amide bonds. The average Bonchev–Trinajstić information content (AvgIpc) is 3.04. The highest BCUT2D eigenvalue weighted by atomic mass is 16.5. The standard InChI is InChI=1S/C13H17N7O5/c1-18-13(23)20-8-14-9(10(20)16-17-18)11(21)15-12(22)25-7-4-19-2-5-24-6-3-19/h8H,2-7H2,1H3,(H,15,21,22). The fourth-order valence-electron chi connectivity index (χ4n) is 2.32. The Bertz CT molecular complexity index is 839. The molecular formula is C13H17N7O5. The van der Waals surface area contributed by atoms with Crippen molar-refractivity contribution < 1.29 is 19.1 Å². The van der Waals surface area contributed by atoms with Gasteiger partial charge in [0, 0.05) is 26.7 Å². The molecule has 2 aromatic heterocycles. The fourth-order valence-corrected chi connectivity index (χ4v) is 2.32. The van der Waals surface area contributed by atoms with Gasteiger partial charge in [-0.15, -0.1) is 5.10 Å². The number of imide groups is 1. The molecule has 0 bridgehead atoms. The number of amides is 2. The van der Waals surface area contributed by atoms with Crippen LogP contribution >= 0.6 is 0 Å². The van der Waals surface area contributed by atoms with E-state index < -0.39 is 17.7 Å². The maximum absolute atomic E-state index is 12.1. The van der Waals surface area contributed by atoms with E-state index in [4.69, 9.17) is 9.47 Å². The molecule has 0 unspecified atom stereocenters. The molecule has 0 aliphatic carbocycles. The maximum Gasteiger partial charge on any atom is 0.414 e. The Kier molecular flexibility index (Phi) is 5.00. The quantitative estimate of drug-likeness (QED) is 0.665. The zero-order chi connectivity index (χ0) is 17.8. The van der Waals surface area contributed by atoms with E-state index in [1.807, 2.05) is 0 Å². The van der Waals surface area contributed by atoms with Gasteiger partial charge < -0.3 is 9.47 Å². The molecular weight excluding hydrogens is 334 g/mol. The second kappa shape index (κ2) is 7.36. The van der Waals surface area contributed by atoms with Crippen LogP contribution in [0.1, 0.15) is 10.5 Å². The number of fused-ring (bicyclic) bond motifs is 1. The van der Waals surface area contributed by atoms with Crippen molar-refractivity contribution in [3.8, 4) is 0 Å². The number of nitrogens with zero attached hydrogens (tertiary/aromatic N) is 6. The van der Waals surface area contributed by atoms with Crippen molar-refractivity contribution >= 4 is 17.6 Å². The molecule has 0 aromatic carbocycles. The van der Waals surface area contributed by atoms with Crippen molar-refractivity contribution in [2.45, 2.75) is 0 Å². The smallest absolute Gasteiger partial charge is 0.414 e. The molecule has 3 rings (SSSR count). The van der Waals surface area contributed by atoms with Crippen LogP contribution in [0.3, 0.4) is 0 Å². The summed E-state index contributed by atoms with van der Waals surface area (Å²) in [6.07, 6.45) is 0.251. The minimum absolute atomic E-state index is 0.0401. The Hall–Kier alpha value is -2.86. The number of aromatic nitrogens is 5. The van der Waals surface area contributed by atoms with E-state index in [2.05, 4.69) is 25.5 Å².